The molecule has 0 amide bonds. The summed E-state index contributed by atoms with van der Waals surface area (Å²) in [4.78, 5) is 13.0. The summed E-state index contributed by atoms with van der Waals surface area (Å²) in [6.07, 6.45) is 0. The molecule has 0 aromatic rings. The van der Waals surface area contributed by atoms with E-state index in [1.807, 2.05) is 0 Å². The molecular formula is C5H9IN4OS2. The Balaban J connectivity index is 2.70. The van der Waals surface area contributed by atoms with Crippen LogP contribution in [0.25, 0.3) is 10.4 Å². The average Bonchev–Trinajstić information content (AvgIpc) is 2.04. The van der Waals surface area contributed by atoms with Gasteiger partial charge in [0, 0.05) is 0 Å². The Hall–Kier alpha value is 0.370. The quantitative estimate of drug-likeness (QED) is 0.160. The van der Waals surface area contributed by atoms with Gasteiger partial charge in [0.1, 0.15) is 0 Å². The number of rotatable bonds is 2. The van der Waals surface area contributed by atoms with E-state index in [1.54, 1.807) is 17.7 Å². The summed E-state index contributed by atoms with van der Waals surface area (Å²) in [5.41, 5.74) is 14.1. The molecule has 5 nitrogen and oxygen atoms in total. The fourth-order valence-electron chi connectivity index (χ4n) is 0.760. The van der Waals surface area contributed by atoms with Crippen molar-refractivity contribution in [1.29, 1.82) is 0 Å². The van der Waals surface area contributed by atoms with Gasteiger partial charge in [0.15, 0.2) is 0 Å². The van der Waals surface area contributed by atoms with E-state index in [4.69, 9.17) is 11.3 Å². The van der Waals surface area contributed by atoms with Gasteiger partial charge in [-0.3, -0.25) is 0 Å². The molecule has 8 heteroatoms. The Morgan fingerprint density at radius 2 is 2.54 bits per heavy atom. The maximum absolute atomic E-state index is 11.1. The van der Waals surface area contributed by atoms with Crippen LogP contribution in [0.15, 0.2) is 5.11 Å². The van der Waals surface area contributed by atoms with E-state index in [9.17, 15) is 4.79 Å². The van der Waals surface area contributed by atoms with E-state index in [1.165, 1.54) is 10.8 Å². The SMILES string of the molecule is CC(=O)I1CSSC(N)(N=[N+]=[N-])C1. The number of carbonyl (C=O) groups is 1. The zero-order valence-corrected chi connectivity index (χ0v) is 10.7. The van der Waals surface area contributed by atoms with Crippen LogP contribution in [-0.4, -0.2) is 17.0 Å². The predicted octanol–water partition coefficient (Wildman–Crippen LogP) is 2.31. The van der Waals surface area contributed by atoms with Gasteiger partial charge >= 0.3 is 91.4 Å². The predicted molar refractivity (Wildman–Crippen MR) is 65.7 cm³/mol. The third kappa shape index (κ3) is 3.21. The van der Waals surface area contributed by atoms with Gasteiger partial charge in [0.05, 0.1) is 0 Å². The van der Waals surface area contributed by atoms with E-state index in [-0.39, 0.29) is 3.79 Å². The first kappa shape index (κ1) is 11.4. The van der Waals surface area contributed by atoms with Crippen LogP contribution in [0.2, 0.25) is 0 Å². The molecule has 74 valence electrons. The van der Waals surface area contributed by atoms with Gasteiger partial charge in [-0.05, 0) is 0 Å². The summed E-state index contributed by atoms with van der Waals surface area (Å²) in [7, 11) is 2.93. The Bertz CT molecular complexity index is 269. The van der Waals surface area contributed by atoms with Crippen LogP contribution >= 0.6 is 41.4 Å². The van der Waals surface area contributed by atoms with Crippen molar-refractivity contribution < 1.29 is 4.79 Å². The Morgan fingerprint density at radius 1 is 1.85 bits per heavy atom. The van der Waals surface area contributed by atoms with Crippen molar-refractivity contribution in [3.63, 3.8) is 0 Å². The van der Waals surface area contributed by atoms with Gasteiger partial charge in [-0.2, -0.15) is 0 Å². The summed E-state index contributed by atoms with van der Waals surface area (Å²) in [5, 5.41) is 3.54. The topological polar surface area (TPSA) is 91.9 Å². The molecule has 1 heterocycles. The fraction of sp³-hybridized carbons (Fsp3) is 0.800. The van der Waals surface area contributed by atoms with Crippen LogP contribution in [-0.2, 0) is 4.79 Å². The van der Waals surface area contributed by atoms with Crippen LogP contribution in [0, 0.1) is 0 Å². The Kier molecular flexibility index (Phi) is 4.17. The van der Waals surface area contributed by atoms with E-state index in [2.05, 4.69) is 10.0 Å². The zero-order chi connectivity index (χ0) is 9.90. The van der Waals surface area contributed by atoms with E-state index < -0.39 is 24.8 Å². The molecule has 0 aliphatic carbocycles. The second-order valence-electron chi connectivity index (χ2n) is 2.40. The minimum atomic E-state index is -1.62. The number of alkyl halides is 2. The van der Waals surface area contributed by atoms with Crippen molar-refractivity contribution in [3.05, 3.63) is 10.4 Å². The van der Waals surface area contributed by atoms with Crippen LogP contribution in [0.3, 0.4) is 0 Å². The van der Waals surface area contributed by atoms with Crippen molar-refractivity contribution in [2.45, 2.75) is 11.9 Å². The number of nitrogens with zero attached hydrogens (tertiary/aromatic N) is 3. The van der Waals surface area contributed by atoms with Gasteiger partial charge in [-0.1, -0.05) is 0 Å². The second-order valence-corrected chi connectivity index (χ2v) is 11.7. The number of halogens is 1. The van der Waals surface area contributed by atoms with Gasteiger partial charge in [-0.25, -0.2) is 0 Å². The molecule has 0 spiro atoms. The van der Waals surface area contributed by atoms with E-state index in [0.29, 0.717) is 4.43 Å². The van der Waals surface area contributed by atoms with E-state index in [0.717, 1.165) is 3.76 Å². The monoisotopic (exact) mass is 332 g/mol. The van der Waals surface area contributed by atoms with Crippen molar-refractivity contribution in [3.8, 4) is 0 Å². The minimum absolute atomic E-state index is 0.264. The number of azide groups is 1. The second kappa shape index (κ2) is 4.74. The average molecular weight is 332 g/mol. The zero-order valence-electron chi connectivity index (χ0n) is 6.94. The van der Waals surface area contributed by atoms with Crippen LogP contribution in [0.4, 0.5) is 0 Å². The molecule has 0 saturated carbocycles. The molecule has 1 rings (SSSR count). The van der Waals surface area contributed by atoms with Gasteiger partial charge < -0.3 is 0 Å². The molecule has 1 unspecified atom stereocenters. The summed E-state index contributed by atoms with van der Waals surface area (Å²) in [6, 6.07) is 0. The molecule has 2 N–H and O–H groups in total. The summed E-state index contributed by atoms with van der Waals surface area (Å²) in [6.45, 7) is 1.61. The normalized spacial score (nSPS) is 30.8. The first-order valence-electron chi connectivity index (χ1n) is 3.35. The fourth-order valence-corrected chi connectivity index (χ4v) is 12.7. The number of nitrogens with two attached hydrogens (primary N) is 1. The van der Waals surface area contributed by atoms with E-state index >= 15 is 0 Å². The Morgan fingerprint density at radius 3 is 3.08 bits per heavy atom. The Labute approximate surface area is 91.0 Å². The molecule has 1 aliphatic rings. The molecule has 0 bridgehead atoms. The van der Waals surface area contributed by atoms with Crippen molar-refractivity contribution in [1.82, 2.24) is 0 Å². The third-order valence-electron chi connectivity index (χ3n) is 1.32. The summed E-state index contributed by atoms with van der Waals surface area (Å²) < 4.78 is 1.76. The van der Waals surface area contributed by atoms with Crippen LogP contribution in [0.5, 0.6) is 0 Å². The van der Waals surface area contributed by atoms with Gasteiger partial charge in [0.25, 0.3) is 0 Å². The van der Waals surface area contributed by atoms with Crippen molar-refractivity contribution in [2.24, 2.45) is 10.8 Å². The first-order valence-corrected chi connectivity index (χ1v) is 9.80. The number of hydrogen-bond donors (Lipinski definition) is 1. The molecule has 0 radical (unpaired) electrons. The molecule has 0 aromatic heterocycles. The van der Waals surface area contributed by atoms with Crippen LogP contribution < -0.4 is 5.73 Å². The molecule has 1 saturated heterocycles. The molecular weight excluding hydrogens is 323 g/mol. The van der Waals surface area contributed by atoms with Crippen LogP contribution in [0.1, 0.15) is 6.92 Å². The molecule has 0 aromatic carbocycles. The third-order valence-corrected chi connectivity index (χ3v) is 13.1. The molecule has 1 atom stereocenters. The number of hydrogen-bond acceptors (Lipinski definition) is 5. The van der Waals surface area contributed by atoms with Gasteiger partial charge in [0.2, 0.25) is 0 Å². The first-order chi connectivity index (χ1) is 6.07. The molecule has 13 heavy (non-hydrogen) atoms. The van der Waals surface area contributed by atoms with Gasteiger partial charge in [-0.15, -0.1) is 0 Å². The standard InChI is InChI=1S/C5H9IN4OS2/c1-4(11)6-2-5(7,9-10-8)13-12-3-6/h2-3,7H2,1H3. The molecule has 1 fully saturated rings. The number of carbonyl (C=O) groups excluding carboxylic acids is 1. The van der Waals surface area contributed by atoms with Crippen molar-refractivity contribution >= 4 is 45.2 Å². The summed E-state index contributed by atoms with van der Waals surface area (Å²) in [5.74, 6) is 0. The summed E-state index contributed by atoms with van der Waals surface area (Å²) >= 11 is -1.62. The molecule has 1 aliphatic heterocycles. The van der Waals surface area contributed by atoms with Crippen molar-refractivity contribution in [2.75, 3.05) is 8.19 Å². The maximum atomic E-state index is 11.1.